The second kappa shape index (κ2) is 7.95. The van der Waals surface area contributed by atoms with Crippen molar-refractivity contribution in [1.82, 2.24) is 5.32 Å². The molecule has 1 amide bonds. The van der Waals surface area contributed by atoms with Crippen molar-refractivity contribution in [3.8, 4) is 0 Å². The standard InChI is InChI=1S/C13H18Cl2N2O.ClH/c1-3-13(16,4-2)8-17-12(18)11-9(14)6-5-7-10(11)15;/h5-7H,3-4,8,16H2,1-2H3,(H,17,18);1H. The Labute approximate surface area is 130 Å². The third-order valence-corrected chi connectivity index (χ3v) is 3.83. The Morgan fingerprint density at radius 1 is 1.26 bits per heavy atom. The van der Waals surface area contributed by atoms with E-state index in [1.807, 2.05) is 13.8 Å². The summed E-state index contributed by atoms with van der Waals surface area (Å²) in [6, 6.07) is 4.97. The summed E-state index contributed by atoms with van der Waals surface area (Å²) in [5.41, 5.74) is 6.03. The van der Waals surface area contributed by atoms with E-state index in [1.54, 1.807) is 18.2 Å². The molecule has 0 radical (unpaired) electrons. The number of hydrogen-bond acceptors (Lipinski definition) is 2. The maximum absolute atomic E-state index is 12.0. The molecule has 3 nitrogen and oxygen atoms in total. The van der Waals surface area contributed by atoms with Crippen molar-refractivity contribution in [2.24, 2.45) is 5.73 Å². The summed E-state index contributed by atoms with van der Waals surface area (Å²) in [5, 5.41) is 3.48. The highest BCUT2D eigenvalue weighted by Gasteiger charge is 2.22. The zero-order valence-corrected chi connectivity index (χ0v) is 13.3. The van der Waals surface area contributed by atoms with Gasteiger partial charge in [-0.15, -0.1) is 12.4 Å². The molecular weight excluding hydrogens is 307 g/mol. The lowest BCUT2D eigenvalue weighted by atomic mass is 9.94. The number of benzene rings is 1. The summed E-state index contributed by atoms with van der Waals surface area (Å²) < 4.78 is 0. The van der Waals surface area contributed by atoms with Crippen molar-refractivity contribution >= 4 is 41.5 Å². The van der Waals surface area contributed by atoms with Crippen molar-refractivity contribution in [2.75, 3.05) is 6.54 Å². The Kier molecular flexibility index (Phi) is 7.75. The second-order valence-corrected chi connectivity index (χ2v) is 5.16. The SMILES string of the molecule is CCC(N)(CC)CNC(=O)c1c(Cl)cccc1Cl.Cl. The van der Waals surface area contributed by atoms with Crippen LogP contribution in [0.5, 0.6) is 0 Å². The lowest BCUT2D eigenvalue weighted by molar-refractivity contribution is 0.0942. The molecule has 0 heterocycles. The second-order valence-electron chi connectivity index (χ2n) is 4.35. The number of carbonyl (C=O) groups excluding carboxylic acids is 1. The lowest BCUT2D eigenvalue weighted by Crippen LogP contribution is -2.49. The summed E-state index contributed by atoms with van der Waals surface area (Å²) in [4.78, 5) is 12.0. The van der Waals surface area contributed by atoms with Gasteiger partial charge in [0.15, 0.2) is 0 Å². The molecule has 0 atom stereocenters. The highest BCUT2D eigenvalue weighted by Crippen LogP contribution is 2.24. The summed E-state index contributed by atoms with van der Waals surface area (Å²) in [6.45, 7) is 4.40. The van der Waals surface area contributed by atoms with E-state index in [4.69, 9.17) is 28.9 Å². The summed E-state index contributed by atoms with van der Waals surface area (Å²) in [5.74, 6) is -0.290. The highest BCUT2D eigenvalue weighted by molar-refractivity contribution is 6.39. The predicted molar refractivity (Wildman–Crippen MR) is 83.5 cm³/mol. The molecule has 0 unspecified atom stereocenters. The fourth-order valence-corrected chi connectivity index (χ4v) is 2.13. The van der Waals surface area contributed by atoms with Crippen LogP contribution in [0.4, 0.5) is 0 Å². The topological polar surface area (TPSA) is 55.1 Å². The van der Waals surface area contributed by atoms with E-state index in [1.165, 1.54) is 0 Å². The fraction of sp³-hybridized carbons (Fsp3) is 0.462. The molecular formula is C13H19Cl3N2O. The first-order valence-corrected chi connectivity index (χ1v) is 6.70. The van der Waals surface area contributed by atoms with E-state index in [2.05, 4.69) is 5.32 Å². The number of hydrogen-bond donors (Lipinski definition) is 2. The first kappa shape index (κ1) is 18.5. The largest absolute Gasteiger partial charge is 0.350 e. The molecule has 1 aromatic carbocycles. The molecule has 0 aromatic heterocycles. The fourth-order valence-electron chi connectivity index (χ4n) is 1.56. The average molecular weight is 326 g/mol. The van der Waals surface area contributed by atoms with Crippen LogP contribution in [0.1, 0.15) is 37.0 Å². The molecule has 0 saturated heterocycles. The van der Waals surface area contributed by atoms with Crippen LogP contribution in [0, 0.1) is 0 Å². The molecule has 0 fully saturated rings. The van der Waals surface area contributed by atoms with E-state index in [0.717, 1.165) is 12.8 Å². The van der Waals surface area contributed by atoms with Crippen LogP contribution in [-0.2, 0) is 0 Å². The number of rotatable bonds is 5. The lowest BCUT2D eigenvalue weighted by Gasteiger charge is -2.27. The third-order valence-electron chi connectivity index (χ3n) is 3.20. The number of carbonyl (C=O) groups is 1. The van der Waals surface area contributed by atoms with E-state index in [9.17, 15) is 4.79 Å². The summed E-state index contributed by atoms with van der Waals surface area (Å²) in [6.07, 6.45) is 1.58. The number of amides is 1. The van der Waals surface area contributed by atoms with Crippen molar-refractivity contribution in [1.29, 1.82) is 0 Å². The normalized spacial score (nSPS) is 10.8. The molecule has 19 heavy (non-hydrogen) atoms. The Hall–Kier alpha value is -0.480. The van der Waals surface area contributed by atoms with Crippen LogP contribution < -0.4 is 11.1 Å². The monoisotopic (exact) mass is 324 g/mol. The summed E-state index contributed by atoms with van der Waals surface area (Å²) >= 11 is 11.9. The van der Waals surface area contributed by atoms with Gasteiger partial charge in [0.05, 0.1) is 15.6 Å². The van der Waals surface area contributed by atoms with E-state index in [0.29, 0.717) is 22.2 Å². The van der Waals surface area contributed by atoms with Gasteiger partial charge in [-0.25, -0.2) is 0 Å². The molecule has 1 rings (SSSR count). The molecule has 0 aliphatic rings. The first-order valence-electron chi connectivity index (χ1n) is 5.94. The average Bonchev–Trinajstić information content (AvgIpc) is 2.36. The van der Waals surface area contributed by atoms with Crippen molar-refractivity contribution in [3.63, 3.8) is 0 Å². The van der Waals surface area contributed by atoms with Gasteiger partial charge in [-0.2, -0.15) is 0 Å². The minimum Gasteiger partial charge on any atom is -0.350 e. The third kappa shape index (κ3) is 4.84. The maximum Gasteiger partial charge on any atom is 0.254 e. The zero-order chi connectivity index (χ0) is 13.8. The molecule has 6 heteroatoms. The van der Waals surface area contributed by atoms with Gasteiger partial charge in [0, 0.05) is 12.1 Å². The Bertz CT molecular complexity index is 414. The van der Waals surface area contributed by atoms with Gasteiger partial charge in [0.1, 0.15) is 0 Å². The van der Waals surface area contributed by atoms with Crippen molar-refractivity contribution < 1.29 is 4.79 Å². The van der Waals surface area contributed by atoms with Crippen LogP contribution >= 0.6 is 35.6 Å². The Morgan fingerprint density at radius 2 is 1.74 bits per heavy atom. The minimum atomic E-state index is -0.386. The van der Waals surface area contributed by atoms with E-state index in [-0.39, 0.29) is 23.9 Å². The van der Waals surface area contributed by atoms with Gasteiger partial charge in [0.25, 0.3) is 5.91 Å². The molecule has 0 aliphatic heterocycles. The molecule has 108 valence electrons. The van der Waals surface area contributed by atoms with E-state index < -0.39 is 0 Å². The van der Waals surface area contributed by atoms with Crippen LogP contribution in [0.15, 0.2) is 18.2 Å². The number of nitrogens with one attached hydrogen (secondary N) is 1. The Balaban J connectivity index is 0.00000324. The number of halogens is 3. The van der Waals surface area contributed by atoms with E-state index >= 15 is 0 Å². The van der Waals surface area contributed by atoms with Gasteiger partial charge in [0.2, 0.25) is 0 Å². The molecule has 0 saturated carbocycles. The van der Waals surface area contributed by atoms with Crippen LogP contribution in [-0.4, -0.2) is 18.0 Å². The molecule has 3 N–H and O–H groups in total. The summed E-state index contributed by atoms with van der Waals surface area (Å²) in [7, 11) is 0. The first-order chi connectivity index (χ1) is 8.43. The van der Waals surface area contributed by atoms with Crippen LogP contribution in [0.25, 0.3) is 0 Å². The number of nitrogens with two attached hydrogens (primary N) is 1. The zero-order valence-electron chi connectivity index (χ0n) is 11.0. The predicted octanol–water partition coefficient (Wildman–Crippen LogP) is 3.66. The maximum atomic E-state index is 12.0. The van der Waals surface area contributed by atoms with Crippen LogP contribution in [0.2, 0.25) is 10.0 Å². The highest BCUT2D eigenvalue weighted by atomic mass is 35.5. The van der Waals surface area contributed by atoms with Gasteiger partial charge in [-0.1, -0.05) is 43.1 Å². The van der Waals surface area contributed by atoms with Crippen molar-refractivity contribution in [3.05, 3.63) is 33.8 Å². The minimum absolute atomic E-state index is 0. The van der Waals surface area contributed by atoms with Crippen LogP contribution in [0.3, 0.4) is 0 Å². The molecule has 1 aromatic rings. The van der Waals surface area contributed by atoms with Gasteiger partial charge in [-0.05, 0) is 25.0 Å². The van der Waals surface area contributed by atoms with Crippen molar-refractivity contribution in [2.45, 2.75) is 32.2 Å². The van der Waals surface area contributed by atoms with Gasteiger partial charge < -0.3 is 11.1 Å². The quantitative estimate of drug-likeness (QED) is 0.868. The van der Waals surface area contributed by atoms with Gasteiger partial charge >= 0.3 is 0 Å². The molecule has 0 bridgehead atoms. The Morgan fingerprint density at radius 3 is 2.16 bits per heavy atom. The molecule has 0 aliphatic carbocycles. The molecule has 0 spiro atoms. The van der Waals surface area contributed by atoms with Gasteiger partial charge in [-0.3, -0.25) is 4.79 Å². The smallest absolute Gasteiger partial charge is 0.254 e.